The predicted octanol–water partition coefficient (Wildman–Crippen LogP) is 19.3. The maximum atomic E-state index is 18.4. The first-order valence-corrected chi connectivity index (χ1v) is 26.8. The number of nitrogens with zero attached hydrogens (tertiary/aromatic N) is 4. The van der Waals surface area contributed by atoms with E-state index in [0.717, 1.165) is 110 Å². The molecule has 4 aromatic heterocycles. The van der Waals surface area contributed by atoms with Crippen LogP contribution in [0.5, 0.6) is 0 Å². The van der Waals surface area contributed by atoms with Gasteiger partial charge in [0.25, 0.3) is 0 Å². The standard InChI is InChI=1S/C72H52F2N4/c1-71(2,77-61-41-21-11-29-49(61)50-30-12-22-42-62(50)77)67-65(53-33-5-15-35-55(53)73)69(75-57-37-17-7-25-45(57)46-26-8-18-38-58(46)75)68(72(3,4)78-63-43-23-13-31-51(63)52-32-14-24-44-64(52)78)70(66(67)54-34-6-16-36-56(54)74)76-59-39-19-9-27-47(59)48-28-10-20-40-60(48)76/h5-44H,1-4H3. The molecule has 0 amide bonds. The molecule has 6 heteroatoms. The molecule has 0 bridgehead atoms. The molecule has 0 saturated heterocycles. The largest absolute Gasteiger partial charge is 0.331 e. The van der Waals surface area contributed by atoms with Crippen molar-refractivity contribution in [1.29, 1.82) is 0 Å². The zero-order valence-electron chi connectivity index (χ0n) is 43.6. The SMILES string of the molecule is CC(C)(c1c(-c2ccccc2F)c(-n2c3ccccc3c3ccccc32)c(C(C)(C)n2c3ccccc3c3ccccc32)c(-n2c3ccccc3c3ccccc32)c1-c1ccccc1F)n1c2ccccc2c2ccccc21. The summed E-state index contributed by atoms with van der Waals surface area (Å²) >= 11 is 0. The van der Waals surface area contributed by atoms with Crippen LogP contribution in [0, 0.1) is 11.6 Å². The molecule has 0 spiro atoms. The molecule has 4 heterocycles. The third-order valence-corrected chi connectivity index (χ3v) is 16.8. The second-order valence-corrected chi connectivity index (χ2v) is 21.8. The minimum absolute atomic E-state index is 0.386. The highest BCUT2D eigenvalue weighted by molar-refractivity contribution is 6.15. The zero-order valence-corrected chi connectivity index (χ0v) is 43.6. The van der Waals surface area contributed by atoms with E-state index in [-0.39, 0.29) is 11.6 Å². The van der Waals surface area contributed by atoms with Crippen molar-refractivity contribution in [2.45, 2.75) is 38.8 Å². The van der Waals surface area contributed by atoms with Gasteiger partial charge in [-0.05, 0) is 93.9 Å². The number of para-hydroxylation sites is 8. The fourth-order valence-corrected chi connectivity index (χ4v) is 13.8. The summed E-state index contributed by atoms with van der Waals surface area (Å²) in [7, 11) is 0. The highest BCUT2D eigenvalue weighted by atomic mass is 19.1. The summed E-state index contributed by atoms with van der Waals surface area (Å²) in [6.07, 6.45) is 0. The molecule has 0 radical (unpaired) electrons. The normalized spacial score (nSPS) is 12.5. The molecule has 0 aliphatic heterocycles. The monoisotopic (exact) mass is 1010 g/mol. The van der Waals surface area contributed by atoms with Crippen molar-refractivity contribution in [3.05, 3.63) is 265 Å². The first-order valence-electron chi connectivity index (χ1n) is 26.8. The summed E-state index contributed by atoms with van der Waals surface area (Å²) in [5, 5.41) is 8.67. The molecule has 11 aromatic carbocycles. The van der Waals surface area contributed by atoms with E-state index in [1.165, 1.54) is 0 Å². The lowest BCUT2D eigenvalue weighted by atomic mass is 9.74. The summed E-state index contributed by atoms with van der Waals surface area (Å²) < 4.78 is 46.4. The van der Waals surface area contributed by atoms with Gasteiger partial charge in [0, 0.05) is 93.0 Å². The van der Waals surface area contributed by atoms with Crippen LogP contribution < -0.4 is 0 Å². The van der Waals surface area contributed by atoms with Crippen LogP contribution in [-0.4, -0.2) is 18.3 Å². The van der Waals surface area contributed by atoms with E-state index in [4.69, 9.17) is 0 Å². The Kier molecular flexibility index (Phi) is 9.99. The van der Waals surface area contributed by atoms with E-state index in [9.17, 15) is 0 Å². The van der Waals surface area contributed by atoms with Crippen LogP contribution in [0.1, 0.15) is 38.8 Å². The van der Waals surface area contributed by atoms with Gasteiger partial charge in [-0.2, -0.15) is 0 Å². The molecular weight excluding hydrogens is 959 g/mol. The van der Waals surface area contributed by atoms with E-state index in [1.54, 1.807) is 24.3 Å². The maximum Gasteiger partial charge on any atom is 0.131 e. The van der Waals surface area contributed by atoms with Crippen molar-refractivity contribution in [3.63, 3.8) is 0 Å². The van der Waals surface area contributed by atoms with E-state index in [0.29, 0.717) is 22.3 Å². The number of aromatic nitrogens is 4. The number of hydrogen-bond acceptors (Lipinski definition) is 0. The number of rotatable bonds is 8. The van der Waals surface area contributed by atoms with Crippen molar-refractivity contribution < 1.29 is 8.78 Å². The van der Waals surface area contributed by atoms with E-state index in [2.05, 4.69) is 240 Å². The van der Waals surface area contributed by atoms with Crippen molar-refractivity contribution >= 4 is 87.2 Å². The second-order valence-electron chi connectivity index (χ2n) is 21.8. The zero-order chi connectivity index (χ0) is 52.6. The topological polar surface area (TPSA) is 19.7 Å². The first kappa shape index (κ1) is 45.8. The number of fused-ring (bicyclic) bond motifs is 12. The molecule has 0 fully saturated rings. The lowest BCUT2D eigenvalue weighted by Gasteiger charge is -2.41. The summed E-state index contributed by atoms with van der Waals surface area (Å²) in [5.74, 6) is -0.771. The molecule has 0 unspecified atom stereocenters. The van der Waals surface area contributed by atoms with Crippen LogP contribution in [0.4, 0.5) is 8.78 Å². The van der Waals surface area contributed by atoms with Gasteiger partial charge in [0.1, 0.15) is 11.6 Å². The number of benzene rings is 11. The van der Waals surface area contributed by atoms with Crippen LogP contribution in [0.15, 0.2) is 243 Å². The molecular formula is C72H52F2N4. The Labute approximate surface area is 449 Å². The molecule has 0 atom stereocenters. The Morgan fingerprint density at radius 2 is 0.474 bits per heavy atom. The third-order valence-electron chi connectivity index (χ3n) is 16.8. The van der Waals surface area contributed by atoms with Gasteiger partial charge in [0.05, 0.1) is 44.5 Å². The van der Waals surface area contributed by atoms with Gasteiger partial charge in [0.2, 0.25) is 0 Å². The average Bonchev–Trinajstić information content (AvgIpc) is 4.12. The minimum Gasteiger partial charge on any atom is -0.331 e. The van der Waals surface area contributed by atoms with Crippen molar-refractivity contribution in [3.8, 4) is 33.6 Å². The minimum atomic E-state index is -1.07. The molecule has 15 aromatic rings. The highest BCUT2D eigenvalue weighted by Gasteiger charge is 2.44. The quantitative estimate of drug-likeness (QED) is 0.145. The smallest absolute Gasteiger partial charge is 0.131 e. The van der Waals surface area contributed by atoms with Gasteiger partial charge in [-0.3, -0.25) is 0 Å². The summed E-state index contributed by atoms with van der Waals surface area (Å²) in [5.41, 5.74) is 11.2. The number of halogens is 2. The molecule has 0 aliphatic carbocycles. The summed E-state index contributed by atoms with van der Waals surface area (Å²) in [4.78, 5) is 0. The van der Waals surface area contributed by atoms with Crippen molar-refractivity contribution in [1.82, 2.24) is 18.3 Å². The lowest BCUT2D eigenvalue weighted by molar-refractivity contribution is 0.454. The Hall–Kier alpha value is -9.52. The van der Waals surface area contributed by atoms with Crippen LogP contribution in [0.3, 0.4) is 0 Å². The van der Waals surface area contributed by atoms with Gasteiger partial charge in [-0.25, -0.2) is 8.78 Å². The van der Waals surface area contributed by atoms with Gasteiger partial charge >= 0.3 is 0 Å². The Balaban J connectivity index is 1.32. The fraction of sp³-hybridized carbons (Fsp3) is 0.0833. The average molecular weight is 1010 g/mol. The maximum absolute atomic E-state index is 18.4. The van der Waals surface area contributed by atoms with Crippen LogP contribution in [0.25, 0.3) is 121 Å². The number of hydrogen-bond donors (Lipinski definition) is 0. The molecule has 4 nitrogen and oxygen atoms in total. The van der Waals surface area contributed by atoms with Crippen LogP contribution >= 0.6 is 0 Å². The lowest BCUT2D eigenvalue weighted by Crippen LogP contribution is -2.35. The second kappa shape index (κ2) is 17.0. The van der Waals surface area contributed by atoms with E-state index >= 15 is 8.78 Å². The Bertz CT molecular complexity index is 4560. The molecule has 0 N–H and O–H groups in total. The first-order chi connectivity index (χ1) is 38.1. The predicted molar refractivity (Wildman–Crippen MR) is 322 cm³/mol. The Morgan fingerprint density at radius 1 is 0.256 bits per heavy atom. The molecule has 78 heavy (non-hydrogen) atoms. The summed E-state index contributed by atoms with van der Waals surface area (Å²) in [6, 6.07) is 83.1. The van der Waals surface area contributed by atoms with E-state index < -0.39 is 11.1 Å². The molecule has 374 valence electrons. The molecule has 0 saturated carbocycles. The van der Waals surface area contributed by atoms with Crippen LogP contribution in [0.2, 0.25) is 0 Å². The van der Waals surface area contributed by atoms with Gasteiger partial charge in [0.15, 0.2) is 0 Å². The molecule has 15 rings (SSSR count). The van der Waals surface area contributed by atoms with E-state index in [1.807, 2.05) is 24.3 Å². The van der Waals surface area contributed by atoms with Crippen molar-refractivity contribution in [2.24, 2.45) is 0 Å². The Morgan fingerprint density at radius 3 is 0.756 bits per heavy atom. The van der Waals surface area contributed by atoms with Crippen molar-refractivity contribution in [2.75, 3.05) is 0 Å². The molecule has 0 aliphatic rings. The third kappa shape index (κ3) is 6.31. The van der Waals surface area contributed by atoms with Crippen LogP contribution in [-0.2, 0) is 11.1 Å². The van der Waals surface area contributed by atoms with Gasteiger partial charge < -0.3 is 18.3 Å². The van der Waals surface area contributed by atoms with Gasteiger partial charge in [-0.1, -0.05) is 182 Å². The van der Waals surface area contributed by atoms with Gasteiger partial charge in [-0.15, -0.1) is 0 Å². The summed E-state index contributed by atoms with van der Waals surface area (Å²) in [6.45, 7) is 9.12. The fourth-order valence-electron chi connectivity index (χ4n) is 13.8. The highest BCUT2D eigenvalue weighted by Crippen LogP contribution is 2.57.